The molecule has 1 saturated heterocycles. The normalized spacial score (nSPS) is 34.5. The van der Waals surface area contributed by atoms with E-state index in [1.54, 1.807) is 0 Å². The summed E-state index contributed by atoms with van der Waals surface area (Å²) >= 11 is 0. The Kier molecular flexibility index (Phi) is 3.82. The summed E-state index contributed by atoms with van der Waals surface area (Å²) in [7, 11) is 0. The van der Waals surface area contributed by atoms with Gasteiger partial charge in [0, 0.05) is 12.6 Å². The third-order valence-corrected chi connectivity index (χ3v) is 5.54. The Bertz CT molecular complexity index is 357. The molecule has 3 nitrogen and oxygen atoms in total. The molecule has 3 aliphatic rings. The van der Waals surface area contributed by atoms with Crippen molar-refractivity contribution in [3.05, 3.63) is 0 Å². The molecule has 2 saturated carbocycles. The fourth-order valence-corrected chi connectivity index (χ4v) is 4.41. The standard InChI is InChI=1S/C16H27N3/c1-2-18-16(11-17,14-7-8-14)12-19-10-9-13-5-3-4-6-15(13)19/h13-15,18H,2-10,12H2,1H3. The molecule has 3 atom stereocenters. The monoisotopic (exact) mass is 261 g/mol. The molecule has 0 aromatic carbocycles. The summed E-state index contributed by atoms with van der Waals surface area (Å²) < 4.78 is 0. The van der Waals surface area contributed by atoms with Gasteiger partial charge in [0.25, 0.3) is 0 Å². The van der Waals surface area contributed by atoms with Crippen molar-refractivity contribution in [2.24, 2.45) is 11.8 Å². The maximum atomic E-state index is 9.74. The minimum atomic E-state index is -0.263. The van der Waals surface area contributed by atoms with Crippen LogP contribution in [0.5, 0.6) is 0 Å². The first-order valence-corrected chi connectivity index (χ1v) is 8.19. The minimum absolute atomic E-state index is 0.263. The van der Waals surface area contributed by atoms with Gasteiger partial charge in [0.15, 0.2) is 0 Å². The van der Waals surface area contributed by atoms with E-state index < -0.39 is 0 Å². The number of fused-ring (bicyclic) bond motifs is 1. The average Bonchev–Trinajstić information content (AvgIpc) is 3.22. The molecule has 0 spiro atoms. The zero-order valence-corrected chi connectivity index (χ0v) is 12.2. The molecule has 1 aliphatic heterocycles. The van der Waals surface area contributed by atoms with E-state index >= 15 is 0 Å². The SMILES string of the molecule is CCNC(C#N)(CN1CCC2CCCCC21)C1CC1. The number of nitrogens with one attached hydrogen (secondary N) is 1. The van der Waals surface area contributed by atoms with Crippen LogP contribution in [0, 0.1) is 23.2 Å². The summed E-state index contributed by atoms with van der Waals surface area (Å²) in [6, 6.07) is 3.42. The second kappa shape index (κ2) is 5.42. The van der Waals surface area contributed by atoms with Crippen molar-refractivity contribution in [1.82, 2.24) is 10.2 Å². The van der Waals surface area contributed by atoms with Crippen LogP contribution in [-0.2, 0) is 0 Å². The number of likely N-dealkylation sites (N-methyl/N-ethyl adjacent to an activating group) is 1. The maximum absolute atomic E-state index is 9.74. The lowest BCUT2D eigenvalue weighted by Gasteiger charge is -2.37. The van der Waals surface area contributed by atoms with E-state index in [1.165, 1.54) is 51.5 Å². The Labute approximate surface area is 117 Å². The Morgan fingerprint density at radius 1 is 1.21 bits per heavy atom. The number of likely N-dealkylation sites (tertiary alicyclic amines) is 1. The minimum Gasteiger partial charge on any atom is -0.298 e. The first-order chi connectivity index (χ1) is 9.29. The third-order valence-electron chi connectivity index (χ3n) is 5.54. The summed E-state index contributed by atoms with van der Waals surface area (Å²) in [5, 5.41) is 13.3. The molecule has 1 N–H and O–H groups in total. The third kappa shape index (κ3) is 2.53. The summed E-state index contributed by atoms with van der Waals surface area (Å²) in [4.78, 5) is 2.65. The van der Waals surface area contributed by atoms with Crippen molar-refractivity contribution in [2.75, 3.05) is 19.6 Å². The molecular weight excluding hydrogens is 234 g/mol. The highest BCUT2D eigenvalue weighted by Crippen LogP contribution is 2.42. The van der Waals surface area contributed by atoms with E-state index in [4.69, 9.17) is 0 Å². The predicted octanol–water partition coefficient (Wildman–Crippen LogP) is 2.53. The Morgan fingerprint density at radius 2 is 2.00 bits per heavy atom. The lowest BCUT2D eigenvalue weighted by molar-refractivity contribution is 0.142. The van der Waals surface area contributed by atoms with Gasteiger partial charge < -0.3 is 0 Å². The highest BCUT2D eigenvalue weighted by atomic mass is 15.2. The largest absolute Gasteiger partial charge is 0.298 e. The van der Waals surface area contributed by atoms with Gasteiger partial charge in [-0.3, -0.25) is 10.2 Å². The molecule has 0 aromatic heterocycles. The van der Waals surface area contributed by atoms with Crippen LogP contribution in [0.15, 0.2) is 0 Å². The summed E-state index contributed by atoms with van der Waals surface area (Å²) in [5.74, 6) is 1.52. The smallest absolute Gasteiger partial charge is 0.122 e. The first kappa shape index (κ1) is 13.4. The van der Waals surface area contributed by atoms with Crippen molar-refractivity contribution < 1.29 is 0 Å². The average molecular weight is 261 g/mol. The van der Waals surface area contributed by atoms with Gasteiger partial charge in [0.05, 0.1) is 6.07 Å². The fraction of sp³-hybridized carbons (Fsp3) is 0.938. The van der Waals surface area contributed by atoms with E-state index in [2.05, 4.69) is 23.2 Å². The van der Waals surface area contributed by atoms with Crippen molar-refractivity contribution in [3.8, 4) is 6.07 Å². The van der Waals surface area contributed by atoms with E-state index in [0.29, 0.717) is 5.92 Å². The summed E-state index contributed by atoms with van der Waals surface area (Å²) in [6.07, 6.45) is 9.44. The van der Waals surface area contributed by atoms with Gasteiger partial charge in [-0.2, -0.15) is 5.26 Å². The Hall–Kier alpha value is -0.590. The lowest BCUT2D eigenvalue weighted by Crippen LogP contribution is -2.55. The number of nitriles is 1. The van der Waals surface area contributed by atoms with Gasteiger partial charge in [0.2, 0.25) is 0 Å². The predicted molar refractivity (Wildman–Crippen MR) is 76.7 cm³/mol. The molecule has 0 amide bonds. The van der Waals surface area contributed by atoms with E-state index in [1.807, 2.05) is 0 Å². The van der Waals surface area contributed by atoms with Gasteiger partial charge in [-0.1, -0.05) is 19.8 Å². The summed E-state index contributed by atoms with van der Waals surface area (Å²) in [6.45, 7) is 5.22. The van der Waals surface area contributed by atoms with Crippen molar-refractivity contribution in [2.45, 2.75) is 63.5 Å². The molecule has 3 unspecified atom stereocenters. The van der Waals surface area contributed by atoms with Crippen molar-refractivity contribution >= 4 is 0 Å². The molecule has 0 aromatic rings. The summed E-state index contributed by atoms with van der Waals surface area (Å²) in [5.41, 5.74) is -0.263. The number of nitrogens with zero attached hydrogens (tertiary/aromatic N) is 2. The molecule has 2 aliphatic carbocycles. The van der Waals surface area contributed by atoms with Crippen LogP contribution in [0.1, 0.15) is 51.9 Å². The molecular formula is C16H27N3. The van der Waals surface area contributed by atoms with Gasteiger partial charge in [0.1, 0.15) is 5.54 Å². The highest BCUT2D eigenvalue weighted by molar-refractivity contribution is 5.17. The zero-order chi connectivity index (χ0) is 13.3. The Morgan fingerprint density at radius 3 is 2.68 bits per heavy atom. The molecule has 3 heteroatoms. The second-order valence-corrected chi connectivity index (χ2v) is 6.76. The molecule has 3 fully saturated rings. The molecule has 0 radical (unpaired) electrons. The Balaban J connectivity index is 1.70. The molecule has 106 valence electrons. The maximum Gasteiger partial charge on any atom is 0.122 e. The van der Waals surface area contributed by atoms with Crippen LogP contribution in [0.3, 0.4) is 0 Å². The van der Waals surface area contributed by atoms with Crippen LogP contribution in [0.4, 0.5) is 0 Å². The second-order valence-electron chi connectivity index (χ2n) is 6.76. The van der Waals surface area contributed by atoms with Gasteiger partial charge in [-0.15, -0.1) is 0 Å². The van der Waals surface area contributed by atoms with E-state index in [9.17, 15) is 5.26 Å². The van der Waals surface area contributed by atoms with Gasteiger partial charge in [-0.05, 0) is 57.0 Å². The van der Waals surface area contributed by atoms with Gasteiger partial charge in [-0.25, -0.2) is 0 Å². The number of hydrogen-bond acceptors (Lipinski definition) is 3. The van der Waals surface area contributed by atoms with Crippen molar-refractivity contribution in [1.29, 1.82) is 5.26 Å². The van der Waals surface area contributed by atoms with Crippen LogP contribution in [0.2, 0.25) is 0 Å². The van der Waals surface area contributed by atoms with Crippen LogP contribution in [0.25, 0.3) is 0 Å². The van der Waals surface area contributed by atoms with Crippen molar-refractivity contribution in [3.63, 3.8) is 0 Å². The number of rotatable bonds is 5. The van der Waals surface area contributed by atoms with Gasteiger partial charge >= 0.3 is 0 Å². The number of hydrogen-bond donors (Lipinski definition) is 1. The van der Waals surface area contributed by atoms with Crippen LogP contribution >= 0.6 is 0 Å². The first-order valence-electron chi connectivity index (χ1n) is 8.19. The molecule has 0 bridgehead atoms. The van der Waals surface area contributed by atoms with E-state index in [-0.39, 0.29) is 5.54 Å². The molecule has 3 rings (SSSR count). The molecule has 1 heterocycles. The lowest BCUT2D eigenvalue weighted by atomic mass is 9.84. The van der Waals surface area contributed by atoms with Crippen LogP contribution < -0.4 is 5.32 Å². The quantitative estimate of drug-likeness (QED) is 0.826. The van der Waals surface area contributed by atoms with Crippen LogP contribution in [-0.4, -0.2) is 36.1 Å². The topological polar surface area (TPSA) is 39.1 Å². The zero-order valence-electron chi connectivity index (χ0n) is 12.2. The highest BCUT2D eigenvalue weighted by Gasteiger charge is 2.48. The fourth-order valence-electron chi connectivity index (χ4n) is 4.41. The molecule has 19 heavy (non-hydrogen) atoms. The van der Waals surface area contributed by atoms with E-state index in [0.717, 1.165) is 25.0 Å².